The first-order valence-corrected chi connectivity index (χ1v) is 10.9. The Morgan fingerprint density at radius 2 is 1.83 bits per heavy atom. The molecule has 5 heteroatoms. The lowest BCUT2D eigenvalue weighted by atomic mass is 10.0. The molecule has 0 spiro atoms. The number of methoxy groups -OCH3 is 1. The molecule has 0 unspecified atom stereocenters. The zero-order valence-corrected chi connectivity index (χ0v) is 18.0. The van der Waals surface area contributed by atoms with Crippen molar-refractivity contribution in [2.75, 3.05) is 13.7 Å². The zero-order chi connectivity index (χ0) is 20.9. The first-order valence-electron chi connectivity index (χ1n) is 10.1. The average Bonchev–Trinajstić information content (AvgIpc) is 2.95. The highest BCUT2D eigenvalue weighted by Gasteiger charge is 2.20. The van der Waals surface area contributed by atoms with Gasteiger partial charge in [-0.2, -0.15) is 0 Å². The molecule has 0 radical (unpaired) electrons. The van der Waals surface area contributed by atoms with Crippen molar-refractivity contribution in [3.63, 3.8) is 0 Å². The number of aliphatic imine (C=N–C) groups is 1. The Balaban J connectivity index is 1.77. The summed E-state index contributed by atoms with van der Waals surface area (Å²) in [6.07, 6.45) is 2.02. The highest BCUT2D eigenvalue weighted by atomic mass is 32.2. The molecule has 0 aromatic heterocycles. The van der Waals surface area contributed by atoms with Crippen LogP contribution in [0.15, 0.2) is 81.5 Å². The van der Waals surface area contributed by atoms with Crippen LogP contribution in [0.1, 0.15) is 41.3 Å². The summed E-state index contributed by atoms with van der Waals surface area (Å²) in [6.45, 7) is 2.80. The standard InChI is InChI=1S/C25H24N2O2S/c1-3-4-15-26-25(28)18-11-14-23-21(16-18)27-24(17-9-12-19(29-2)13-10-17)20-7-5-6-8-22(20)30-23/h5-14,16H,3-4,15H2,1-2H3,(H,26,28). The summed E-state index contributed by atoms with van der Waals surface area (Å²) in [5.41, 5.74) is 4.43. The van der Waals surface area contributed by atoms with E-state index in [1.165, 1.54) is 0 Å². The molecule has 1 amide bonds. The molecule has 152 valence electrons. The summed E-state index contributed by atoms with van der Waals surface area (Å²) in [6, 6.07) is 22.0. The number of hydrogen-bond acceptors (Lipinski definition) is 4. The quantitative estimate of drug-likeness (QED) is 0.401. The lowest BCUT2D eigenvalue weighted by molar-refractivity contribution is 0.0953. The van der Waals surface area contributed by atoms with Gasteiger partial charge in [0.05, 0.1) is 18.5 Å². The number of ether oxygens (including phenoxy) is 1. The lowest BCUT2D eigenvalue weighted by Gasteiger charge is -2.09. The third-order valence-electron chi connectivity index (χ3n) is 4.99. The molecule has 0 aliphatic carbocycles. The number of nitrogens with one attached hydrogen (secondary N) is 1. The largest absolute Gasteiger partial charge is 0.497 e. The molecule has 4 rings (SSSR count). The fourth-order valence-electron chi connectivity index (χ4n) is 3.33. The smallest absolute Gasteiger partial charge is 0.251 e. The van der Waals surface area contributed by atoms with Crippen LogP contribution in [0.5, 0.6) is 5.75 Å². The number of benzene rings is 3. The van der Waals surface area contributed by atoms with E-state index < -0.39 is 0 Å². The van der Waals surface area contributed by atoms with Crippen molar-refractivity contribution >= 4 is 29.1 Å². The van der Waals surface area contributed by atoms with Crippen LogP contribution < -0.4 is 10.1 Å². The second-order valence-corrected chi connectivity index (χ2v) is 8.16. The van der Waals surface area contributed by atoms with Gasteiger partial charge in [-0.3, -0.25) is 4.79 Å². The zero-order valence-electron chi connectivity index (χ0n) is 17.1. The van der Waals surface area contributed by atoms with E-state index in [-0.39, 0.29) is 5.91 Å². The van der Waals surface area contributed by atoms with Gasteiger partial charge in [0.25, 0.3) is 5.91 Å². The Morgan fingerprint density at radius 1 is 1.03 bits per heavy atom. The van der Waals surface area contributed by atoms with Gasteiger partial charge in [0.15, 0.2) is 0 Å². The number of carbonyl (C=O) groups excluding carboxylic acids is 1. The van der Waals surface area contributed by atoms with E-state index in [1.807, 2.05) is 54.6 Å². The highest BCUT2D eigenvalue weighted by Crippen LogP contribution is 2.41. The van der Waals surface area contributed by atoms with Crippen molar-refractivity contribution in [2.24, 2.45) is 4.99 Å². The van der Waals surface area contributed by atoms with Gasteiger partial charge in [-0.15, -0.1) is 0 Å². The van der Waals surface area contributed by atoms with Gasteiger partial charge >= 0.3 is 0 Å². The van der Waals surface area contributed by atoms with Crippen molar-refractivity contribution in [3.05, 3.63) is 83.4 Å². The Morgan fingerprint density at radius 3 is 2.60 bits per heavy atom. The molecule has 0 fully saturated rings. The minimum Gasteiger partial charge on any atom is -0.497 e. The summed E-state index contributed by atoms with van der Waals surface area (Å²) < 4.78 is 5.30. The first kappa shape index (κ1) is 20.2. The van der Waals surface area contributed by atoms with Crippen LogP contribution in [0, 0.1) is 0 Å². The van der Waals surface area contributed by atoms with Gasteiger partial charge in [0.2, 0.25) is 0 Å². The summed E-state index contributed by atoms with van der Waals surface area (Å²) in [5.74, 6) is 0.751. The normalized spacial score (nSPS) is 12.3. The summed E-state index contributed by atoms with van der Waals surface area (Å²) in [5, 5.41) is 2.99. The maximum absolute atomic E-state index is 12.6. The van der Waals surface area contributed by atoms with Crippen molar-refractivity contribution in [3.8, 4) is 5.75 Å². The van der Waals surface area contributed by atoms with E-state index in [4.69, 9.17) is 9.73 Å². The van der Waals surface area contributed by atoms with Gasteiger partial charge < -0.3 is 10.1 Å². The summed E-state index contributed by atoms with van der Waals surface area (Å²) in [7, 11) is 1.66. The van der Waals surface area contributed by atoms with E-state index in [1.54, 1.807) is 18.9 Å². The van der Waals surface area contributed by atoms with E-state index in [9.17, 15) is 4.79 Å². The molecular weight excluding hydrogens is 392 g/mol. The molecule has 0 saturated heterocycles. The molecule has 0 bridgehead atoms. The van der Waals surface area contributed by atoms with Gasteiger partial charge in [0, 0.05) is 33.0 Å². The molecule has 3 aromatic rings. The minimum atomic E-state index is -0.0563. The Kier molecular flexibility index (Phi) is 6.19. The topological polar surface area (TPSA) is 50.7 Å². The maximum Gasteiger partial charge on any atom is 0.251 e. The van der Waals surface area contributed by atoms with Crippen molar-refractivity contribution in [1.82, 2.24) is 5.32 Å². The van der Waals surface area contributed by atoms with E-state index in [0.717, 1.165) is 50.9 Å². The molecule has 1 heterocycles. The Bertz CT molecular complexity index is 1090. The van der Waals surface area contributed by atoms with Crippen LogP contribution in [0.3, 0.4) is 0 Å². The third kappa shape index (κ3) is 4.26. The van der Waals surface area contributed by atoms with Gasteiger partial charge in [-0.1, -0.05) is 43.3 Å². The van der Waals surface area contributed by atoms with Crippen molar-refractivity contribution in [1.29, 1.82) is 0 Å². The Labute approximate surface area is 181 Å². The predicted octanol–water partition coefficient (Wildman–Crippen LogP) is 5.86. The highest BCUT2D eigenvalue weighted by molar-refractivity contribution is 7.99. The monoisotopic (exact) mass is 416 g/mol. The number of nitrogens with zero attached hydrogens (tertiary/aromatic N) is 1. The molecule has 1 aliphatic rings. The molecule has 0 saturated carbocycles. The summed E-state index contributed by atoms with van der Waals surface area (Å²) in [4.78, 5) is 19.8. The van der Waals surface area contributed by atoms with Gasteiger partial charge in [-0.05, 0) is 55.0 Å². The third-order valence-corrected chi connectivity index (χ3v) is 6.14. The number of carbonyl (C=O) groups is 1. The summed E-state index contributed by atoms with van der Waals surface area (Å²) >= 11 is 1.68. The van der Waals surface area contributed by atoms with Crippen LogP contribution >= 0.6 is 11.8 Å². The Hall–Kier alpha value is -3.05. The van der Waals surface area contributed by atoms with Crippen LogP contribution in [-0.4, -0.2) is 25.3 Å². The van der Waals surface area contributed by atoms with E-state index in [2.05, 4.69) is 24.4 Å². The van der Waals surface area contributed by atoms with Crippen molar-refractivity contribution < 1.29 is 9.53 Å². The molecule has 3 aromatic carbocycles. The van der Waals surface area contributed by atoms with Gasteiger partial charge in [0.1, 0.15) is 5.75 Å². The second kappa shape index (κ2) is 9.18. The molecule has 0 atom stereocenters. The number of hydrogen-bond donors (Lipinski definition) is 1. The van der Waals surface area contributed by atoms with Crippen LogP contribution in [0.25, 0.3) is 0 Å². The van der Waals surface area contributed by atoms with Crippen LogP contribution in [0.4, 0.5) is 5.69 Å². The second-order valence-electron chi connectivity index (χ2n) is 7.08. The molecule has 1 aliphatic heterocycles. The van der Waals surface area contributed by atoms with E-state index in [0.29, 0.717) is 12.1 Å². The predicted molar refractivity (Wildman–Crippen MR) is 123 cm³/mol. The van der Waals surface area contributed by atoms with E-state index >= 15 is 0 Å². The number of unbranched alkanes of at least 4 members (excludes halogenated alkanes) is 1. The maximum atomic E-state index is 12.6. The molecule has 4 nitrogen and oxygen atoms in total. The van der Waals surface area contributed by atoms with Crippen molar-refractivity contribution in [2.45, 2.75) is 29.6 Å². The molecule has 1 N–H and O–H groups in total. The number of amides is 1. The minimum absolute atomic E-state index is 0.0563. The molecular formula is C25H24N2O2S. The fourth-order valence-corrected chi connectivity index (χ4v) is 4.34. The molecule has 30 heavy (non-hydrogen) atoms. The van der Waals surface area contributed by atoms with Crippen LogP contribution in [-0.2, 0) is 0 Å². The van der Waals surface area contributed by atoms with Crippen LogP contribution in [0.2, 0.25) is 0 Å². The SMILES string of the molecule is CCCCNC(=O)c1ccc2c(c1)N=C(c1ccc(OC)cc1)c1ccccc1S2. The first-order chi connectivity index (χ1) is 14.7. The fraction of sp³-hybridized carbons (Fsp3) is 0.200. The lowest BCUT2D eigenvalue weighted by Crippen LogP contribution is -2.24. The number of fused-ring (bicyclic) bond motifs is 2. The number of rotatable bonds is 6. The van der Waals surface area contributed by atoms with Gasteiger partial charge in [-0.25, -0.2) is 4.99 Å². The average molecular weight is 417 g/mol.